The molecule has 2 nitrogen and oxygen atoms in total. The monoisotopic (exact) mass is 259 g/mol. The molecule has 2 aromatic carbocycles. The lowest BCUT2D eigenvalue weighted by Gasteiger charge is -1.95. The van der Waals surface area contributed by atoms with Gasteiger partial charge in [-0.05, 0) is 15.7 Å². The molecule has 0 aliphatic heterocycles. The highest BCUT2D eigenvalue weighted by atomic mass is 31.1. The lowest BCUT2D eigenvalue weighted by Crippen LogP contribution is -1.91. The van der Waals surface area contributed by atoms with E-state index in [-0.39, 0.29) is 0 Å². The van der Waals surface area contributed by atoms with Crippen LogP contribution in [-0.2, 0) is 22.1 Å². The highest BCUT2D eigenvalue weighted by Gasteiger charge is 2.16. The van der Waals surface area contributed by atoms with Crippen molar-refractivity contribution in [2.45, 2.75) is 13.0 Å². The third-order valence-corrected chi connectivity index (χ3v) is 3.65. The predicted octanol–water partition coefficient (Wildman–Crippen LogP) is 4.19. The van der Waals surface area contributed by atoms with Gasteiger partial charge in [-0.25, -0.2) is 0 Å². The number of aryl methyl sites for hydroxylation is 1. The van der Waals surface area contributed by atoms with E-state index in [1.165, 1.54) is 5.56 Å². The maximum atomic E-state index is 11.7. The van der Waals surface area contributed by atoms with Crippen LogP contribution >= 0.6 is 8.03 Å². The molecule has 0 aromatic heterocycles. The number of hydrogen-bond donors (Lipinski definition) is 0. The SMILES string of the molecule is O=[P+](CCc1ccccc1)OCc1ccccc1. The largest absolute Gasteiger partial charge is 0.508 e. The molecule has 0 spiro atoms. The predicted molar refractivity (Wildman–Crippen MR) is 73.9 cm³/mol. The fraction of sp³-hybridized carbons (Fsp3) is 0.200. The van der Waals surface area contributed by atoms with Crippen molar-refractivity contribution in [3.05, 3.63) is 71.8 Å². The summed E-state index contributed by atoms with van der Waals surface area (Å²) in [4.78, 5) is 0. The average molecular weight is 259 g/mol. The summed E-state index contributed by atoms with van der Waals surface area (Å²) < 4.78 is 17.1. The summed E-state index contributed by atoms with van der Waals surface area (Å²) in [6.45, 7) is 0.421. The molecule has 0 heterocycles. The summed E-state index contributed by atoms with van der Waals surface area (Å²) in [7, 11) is -1.58. The second kappa shape index (κ2) is 7.05. The lowest BCUT2D eigenvalue weighted by molar-refractivity contribution is 0.318. The Labute approximate surface area is 108 Å². The first-order valence-corrected chi connectivity index (χ1v) is 7.36. The zero-order valence-corrected chi connectivity index (χ0v) is 11.1. The van der Waals surface area contributed by atoms with Gasteiger partial charge in [-0.2, -0.15) is 0 Å². The third-order valence-electron chi connectivity index (χ3n) is 2.64. The summed E-state index contributed by atoms with van der Waals surface area (Å²) in [6.07, 6.45) is 1.37. The van der Waals surface area contributed by atoms with Crippen LogP contribution in [0.1, 0.15) is 11.1 Å². The number of hydrogen-bond acceptors (Lipinski definition) is 2. The van der Waals surface area contributed by atoms with Gasteiger partial charge in [-0.1, -0.05) is 60.7 Å². The van der Waals surface area contributed by atoms with Gasteiger partial charge in [0.25, 0.3) is 0 Å². The Morgan fingerprint density at radius 1 is 0.833 bits per heavy atom. The second-order valence-corrected chi connectivity index (χ2v) is 5.42. The maximum Gasteiger partial charge on any atom is 0.508 e. The van der Waals surface area contributed by atoms with E-state index in [1.54, 1.807) is 0 Å². The molecule has 0 aliphatic rings. The molecular weight excluding hydrogens is 243 g/mol. The van der Waals surface area contributed by atoms with Gasteiger partial charge >= 0.3 is 8.03 Å². The molecule has 2 aromatic rings. The minimum Gasteiger partial charge on any atom is -0.141 e. The molecule has 1 atom stereocenters. The average Bonchev–Trinajstić information content (AvgIpc) is 2.45. The molecule has 0 bridgehead atoms. The summed E-state index contributed by atoms with van der Waals surface area (Å²) >= 11 is 0. The van der Waals surface area contributed by atoms with Crippen molar-refractivity contribution in [3.63, 3.8) is 0 Å². The van der Waals surface area contributed by atoms with Crippen molar-refractivity contribution in [2.75, 3.05) is 6.16 Å². The molecule has 3 heteroatoms. The van der Waals surface area contributed by atoms with Crippen LogP contribution in [0.5, 0.6) is 0 Å². The molecule has 0 fully saturated rings. The topological polar surface area (TPSA) is 26.3 Å². The lowest BCUT2D eigenvalue weighted by atomic mass is 10.2. The van der Waals surface area contributed by atoms with Crippen LogP contribution < -0.4 is 0 Å². The molecule has 1 unspecified atom stereocenters. The normalized spacial score (nSPS) is 11.2. The Bertz CT molecular complexity index is 437. The first-order valence-electron chi connectivity index (χ1n) is 6.00. The van der Waals surface area contributed by atoms with Gasteiger partial charge in [-0.15, -0.1) is 4.52 Å². The van der Waals surface area contributed by atoms with Crippen LogP contribution in [0.3, 0.4) is 0 Å². The van der Waals surface area contributed by atoms with Crippen LogP contribution in [0, 0.1) is 0 Å². The van der Waals surface area contributed by atoms with E-state index in [4.69, 9.17) is 4.52 Å². The summed E-state index contributed by atoms with van der Waals surface area (Å²) in [5, 5.41) is 0. The zero-order valence-electron chi connectivity index (χ0n) is 10.2. The molecule has 0 radical (unpaired) electrons. The fourth-order valence-corrected chi connectivity index (χ4v) is 2.51. The van der Waals surface area contributed by atoms with Crippen LogP contribution in [0.4, 0.5) is 0 Å². The van der Waals surface area contributed by atoms with Gasteiger partial charge in [-0.3, -0.25) is 0 Å². The molecule has 18 heavy (non-hydrogen) atoms. The molecule has 0 N–H and O–H groups in total. The highest BCUT2D eigenvalue weighted by Crippen LogP contribution is 2.25. The fourth-order valence-electron chi connectivity index (χ4n) is 1.65. The smallest absolute Gasteiger partial charge is 0.141 e. The van der Waals surface area contributed by atoms with Crippen LogP contribution in [0.25, 0.3) is 0 Å². The van der Waals surface area contributed by atoms with E-state index < -0.39 is 8.03 Å². The summed E-state index contributed by atoms with van der Waals surface area (Å²) in [5.74, 6) is 0. The van der Waals surface area contributed by atoms with Crippen molar-refractivity contribution in [3.8, 4) is 0 Å². The van der Waals surface area contributed by atoms with Gasteiger partial charge in [0.05, 0.1) is 0 Å². The van der Waals surface area contributed by atoms with Crippen LogP contribution in [0.15, 0.2) is 60.7 Å². The molecule has 0 amide bonds. The first kappa shape index (κ1) is 12.9. The van der Waals surface area contributed by atoms with Gasteiger partial charge in [0.2, 0.25) is 0 Å². The molecule has 0 saturated carbocycles. The van der Waals surface area contributed by atoms with Gasteiger partial charge in [0, 0.05) is 6.42 Å². The zero-order chi connectivity index (χ0) is 12.6. The first-order chi connectivity index (χ1) is 8.84. The Morgan fingerprint density at radius 3 is 2.00 bits per heavy atom. The Kier molecular flexibility index (Phi) is 5.07. The number of rotatable bonds is 6. The molecule has 0 saturated heterocycles. The van der Waals surface area contributed by atoms with Crippen molar-refractivity contribution < 1.29 is 9.09 Å². The highest BCUT2D eigenvalue weighted by molar-refractivity contribution is 7.39. The van der Waals surface area contributed by atoms with E-state index in [0.29, 0.717) is 12.8 Å². The summed E-state index contributed by atoms with van der Waals surface area (Å²) in [6, 6.07) is 19.9. The number of benzene rings is 2. The second-order valence-electron chi connectivity index (χ2n) is 4.05. The summed E-state index contributed by atoms with van der Waals surface area (Å²) in [5.41, 5.74) is 2.25. The maximum absolute atomic E-state index is 11.7. The molecule has 0 aliphatic carbocycles. The Balaban J connectivity index is 1.73. The van der Waals surface area contributed by atoms with Crippen molar-refractivity contribution in [1.29, 1.82) is 0 Å². The van der Waals surface area contributed by atoms with Gasteiger partial charge in [0.15, 0.2) is 6.16 Å². The van der Waals surface area contributed by atoms with Crippen molar-refractivity contribution in [1.82, 2.24) is 0 Å². The Hall–Kier alpha value is -1.50. The standard InChI is InChI=1S/C15H16O2P/c16-18(12-11-14-7-3-1-4-8-14)17-13-15-9-5-2-6-10-15/h1-10H,11-13H2/q+1. The van der Waals surface area contributed by atoms with E-state index >= 15 is 0 Å². The van der Waals surface area contributed by atoms with E-state index in [1.807, 2.05) is 60.7 Å². The van der Waals surface area contributed by atoms with Gasteiger partial charge in [0.1, 0.15) is 6.61 Å². The quantitative estimate of drug-likeness (QED) is 0.727. The van der Waals surface area contributed by atoms with Crippen molar-refractivity contribution >= 4 is 8.03 Å². The molecule has 2 rings (SSSR count). The molecular formula is C15H16O2P+. The van der Waals surface area contributed by atoms with Crippen molar-refractivity contribution in [2.24, 2.45) is 0 Å². The third kappa shape index (κ3) is 4.40. The Morgan fingerprint density at radius 2 is 1.39 bits per heavy atom. The van der Waals surface area contributed by atoms with Crippen LogP contribution in [-0.4, -0.2) is 6.16 Å². The van der Waals surface area contributed by atoms with E-state index in [9.17, 15) is 4.57 Å². The van der Waals surface area contributed by atoms with E-state index in [2.05, 4.69) is 0 Å². The van der Waals surface area contributed by atoms with E-state index in [0.717, 1.165) is 12.0 Å². The molecule has 92 valence electrons. The minimum absolute atomic E-state index is 0.421. The van der Waals surface area contributed by atoms with Gasteiger partial charge < -0.3 is 0 Å². The minimum atomic E-state index is -1.58. The van der Waals surface area contributed by atoms with Crippen LogP contribution in [0.2, 0.25) is 0 Å².